The van der Waals surface area contributed by atoms with Gasteiger partial charge in [-0.25, -0.2) is 0 Å². The molecule has 0 heterocycles. The predicted molar refractivity (Wildman–Crippen MR) is 72.2 cm³/mol. The lowest BCUT2D eigenvalue weighted by molar-refractivity contribution is 0.354. The van der Waals surface area contributed by atoms with Crippen LogP contribution in [0.4, 0.5) is 0 Å². The van der Waals surface area contributed by atoms with Gasteiger partial charge in [-0.05, 0) is 24.6 Å². The number of nitrogens with zero attached hydrogens (tertiary/aromatic N) is 2. The van der Waals surface area contributed by atoms with Gasteiger partial charge in [-0.1, -0.05) is 6.07 Å². The molecule has 0 unspecified atom stereocenters. The number of rotatable bonds is 5. The molecule has 1 aromatic carbocycles. The van der Waals surface area contributed by atoms with Crippen molar-refractivity contribution >= 4 is 11.7 Å². The number of hydrogen-bond donors (Lipinski definition) is 2. The van der Waals surface area contributed by atoms with Gasteiger partial charge in [-0.15, -0.1) is 5.10 Å². The Balaban J connectivity index is 2.85. The first-order valence-corrected chi connectivity index (χ1v) is 5.39. The van der Waals surface area contributed by atoms with Crippen molar-refractivity contribution in [2.24, 2.45) is 21.7 Å². The van der Waals surface area contributed by atoms with E-state index in [1.165, 1.54) is 0 Å². The molecule has 18 heavy (non-hydrogen) atoms. The Morgan fingerprint density at radius 1 is 1.11 bits per heavy atom. The number of guanidine groups is 1. The van der Waals surface area contributed by atoms with Gasteiger partial charge in [-0.2, -0.15) is 5.10 Å². The molecule has 6 nitrogen and oxygen atoms in total. The molecule has 0 amide bonds. The molecule has 0 saturated carbocycles. The standard InChI is InChI=1S/C12H18N4O2/c1-8(15-16-12(13)14)6-9-4-5-10(17-2)11(7-9)18-3/h4-5,7H,6H2,1-3H3,(H4,13,14,16)/b15-8+. The first-order chi connectivity index (χ1) is 8.56. The lowest BCUT2D eigenvalue weighted by Crippen LogP contribution is -2.22. The predicted octanol–water partition coefficient (Wildman–Crippen LogP) is 0.896. The first kappa shape index (κ1) is 13.8. The fourth-order valence-corrected chi connectivity index (χ4v) is 1.46. The molecule has 1 rings (SSSR count). The fraction of sp³-hybridized carbons (Fsp3) is 0.333. The average molecular weight is 250 g/mol. The maximum Gasteiger partial charge on any atom is 0.211 e. The summed E-state index contributed by atoms with van der Waals surface area (Å²) in [7, 11) is 3.20. The van der Waals surface area contributed by atoms with E-state index in [0.717, 1.165) is 11.3 Å². The third kappa shape index (κ3) is 3.97. The average Bonchev–Trinajstić information content (AvgIpc) is 2.36. The zero-order valence-corrected chi connectivity index (χ0v) is 10.8. The van der Waals surface area contributed by atoms with Crippen LogP contribution in [-0.2, 0) is 6.42 Å². The molecule has 0 atom stereocenters. The minimum atomic E-state index is -0.0540. The van der Waals surface area contributed by atoms with Crippen LogP contribution in [0, 0.1) is 0 Å². The molecule has 0 aromatic heterocycles. The van der Waals surface area contributed by atoms with E-state index in [9.17, 15) is 0 Å². The topological polar surface area (TPSA) is 95.2 Å². The second kappa shape index (κ2) is 6.48. The Bertz CT molecular complexity index is 465. The van der Waals surface area contributed by atoms with Crippen LogP contribution in [0.25, 0.3) is 0 Å². The van der Waals surface area contributed by atoms with Crippen LogP contribution in [0.1, 0.15) is 12.5 Å². The molecule has 0 aliphatic carbocycles. The summed E-state index contributed by atoms with van der Waals surface area (Å²) in [4.78, 5) is 0. The minimum Gasteiger partial charge on any atom is -0.493 e. The largest absolute Gasteiger partial charge is 0.493 e. The molecule has 0 spiro atoms. The van der Waals surface area contributed by atoms with Gasteiger partial charge in [0.25, 0.3) is 0 Å². The van der Waals surface area contributed by atoms with Gasteiger partial charge in [0.05, 0.1) is 14.2 Å². The summed E-state index contributed by atoms with van der Waals surface area (Å²) < 4.78 is 10.4. The molecule has 0 aliphatic heterocycles. The molecule has 0 radical (unpaired) electrons. The SMILES string of the molecule is COc1ccc(C/C(C)=N/N=C(N)N)cc1OC. The van der Waals surface area contributed by atoms with Gasteiger partial charge in [-0.3, -0.25) is 0 Å². The Hall–Kier alpha value is -2.24. The van der Waals surface area contributed by atoms with Gasteiger partial charge in [0.1, 0.15) is 0 Å². The molecule has 4 N–H and O–H groups in total. The normalized spacial score (nSPS) is 10.9. The molecule has 0 saturated heterocycles. The molecule has 0 aliphatic rings. The number of benzene rings is 1. The molecular formula is C12H18N4O2. The highest BCUT2D eigenvalue weighted by Gasteiger charge is 2.05. The van der Waals surface area contributed by atoms with Crippen LogP contribution in [0.3, 0.4) is 0 Å². The summed E-state index contributed by atoms with van der Waals surface area (Å²) in [6, 6.07) is 5.69. The quantitative estimate of drug-likeness (QED) is 0.461. The Labute approximate surface area is 106 Å². The summed E-state index contributed by atoms with van der Waals surface area (Å²) in [6.07, 6.45) is 0.636. The van der Waals surface area contributed by atoms with E-state index in [-0.39, 0.29) is 5.96 Å². The Kier molecular flexibility index (Phi) is 4.98. The van der Waals surface area contributed by atoms with E-state index in [0.29, 0.717) is 17.9 Å². The maximum absolute atomic E-state index is 5.22. The fourth-order valence-electron chi connectivity index (χ4n) is 1.46. The van der Waals surface area contributed by atoms with Crippen molar-refractivity contribution in [2.75, 3.05) is 14.2 Å². The summed E-state index contributed by atoms with van der Waals surface area (Å²) in [6.45, 7) is 1.85. The van der Waals surface area contributed by atoms with Gasteiger partial charge in [0, 0.05) is 12.1 Å². The van der Waals surface area contributed by atoms with Crippen LogP contribution in [0.2, 0.25) is 0 Å². The van der Waals surface area contributed by atoms with Crippen molar-refractivity contribution in [3.05, 3.63) is 23.8 Å². The van der Waals surface area contributed by atoms with Crippen molar-refractivity contribution in [1.29, 1.82) is 0 Å². The summed E-state index contributed by atoms with van der Waals surface area (Å²) in [5.74, 6) is 1.33. The number of hydrogen-bond acceptors (Lipinski definition) is 4. The molecule has 0 fully saturated rings. The summed E-state index contributed by atoms with van der Waals surface area (Å²) >= 11 is 0. The Morgan fingerprint density at radius 2 is 1.78 bits per heavy atom. The van der Waals surface area contributed by atoms with E-state index in [1.807, 2.05) is 25.1 Å². The second-order valence-electron chi connectivity index (χ2n) is 3.73. The molecule has 1 aromatic rings. The zero-order valence-electron chi connectivity index (χ0n) is 10.8. The zero-order chi connectivity index (χ0) is 13.5. The third-order valence-electron chi connectivity index (χ3n) is 2.24. The highest BCUT2D eigenvalue weighted by atomic mass is 16.5. The van der Waals surface area contributed by atoms with Crippen LogP contribution < -0.4 is 20.9 Å². The number of nitrogens with two attached hydrogens (primary N) is 2. The van der Waals surface area contributed by atoms with E-state index < -0.39 is 0 Å². The monoisotopic (exact) mass is 250 g/mol. The van der Waals surface area contributed by atoms with Gasteiger partial charge in [0.2, 0.25) is 5.96 Å². The van der Waals surface area contributed by atoms with Crippen LogP contribution in [0.5, 0.6) is 11.5 Å². The van der Waals surface area contributed by atoms with Crippen molar-refractivity contribution in [2.45, 2.75) is 13.3 Å². The smallest absolute Gasteiger partial charge is 0.211 e. The van der Waals surface area contributed by atoms with Crippen molar-refractivity contribution in [3.8, 4) is 11.5 Å². The molecule has 6 heteroatoms. The lowest BCUT2D eigenvalue weighted by atomic mass is 10.1. The van der Waals surface area contributed by atoms with Gasteiger partial charge >= 0.3 is 0 Å². The van der Waals surface area contributed by atoms with E-state index in [1.54, 1.807) is 14.2 Å². The Morgan fingerprint density at radius 3 is 2.33 bits per heavy atom. The molecule has 0 bridgehead atoms. The van der Waals surface area contributed by atoms with Crippen molar-refractivity contribution in [1.82, 2.24) is 0 Å². The van der Waals surface area contributed by atoms with Gasteiger partial charge in [0.15, 0.2) is 11.5 Å². The summed E-state index contributed by atoms with van der Waals surface area (Å²) in [5.41, 5.74) is 12.2. The van der Waals surface area contributed by atoms with Crippen LogP contribution >= 0.6 is 0 Å². The third-order valence-corrected chi connectivity index (χ3v) is 2.24. The summed E-state index contributed by atoms with van der Waals surface area (Å²) in [5, 5.41) is 7.50. The van der Waals surface area contributed by atoms with E-state index in [2.05, 4.69) is 10.2 Å². The highest BCUT2D eigenvalue weighted by molar-refractivity contribution is 5.85. The van der Waals surface area contributed by atoms with E-state index >= 15 is 0 Å². The highest BCUT2D eigenvalue weighted by Crippen LogP contribution is 2.27. The van der Waals surface area contributed by atoms with Crippen LogP contribution in [-0.4, -0.2) is 25.9 Å². The first-order valence-electron chi connectivity index (χ1n) is 5.39. The maximum atomic E-state index is 5.22. The van der Waals surface area contributed by atoms with Crippen molar-refractivity contribution < 1.29 is 9.47 Å². The van der Waals surface area contributed by atoms with E-state index in [4.69, 9.17) is 20.9 Å². The second-order valence-corrected chi connectivity index (χ2v) is 3.73. The minimum absolute atomic E-state index is 0.0540. The number of ether oxygens (including phenoxy) is 2. The number of methoxy groups -OCH3 is 2. The van der Waals surface area contributed by atoms with Crippen LogP contribution in [0.15, 0.2) is 28.4 Å². The molecular weight excluding hydrogens is 232 g/mol. The van der Waals surface area contributed by atoms with Gasteiger partial charge < -0.3 is 20.9 Å². The molecule has 98 valence electrons. The van der Waals surface area contributed by atoms with Crippen molar-refractivity contribution in [3.63, 3.8) is 0 Å². The lowest BCUT2D eigenvalue weighted by Gasteiger charge is -2.09.